The van der Waals surface area contributed by atoms with Crippen LogP contribution in [0.15, 0.2) is 48.8 Å². The Hall–Kier alpha value is -3.39. The lowest BCUT2D eigenvalue weighted by atomic mass is 9.90. The number of benzene rings is 1. The Morgan fingerprint density at radius 2 is 1.94 bits per heavy atom. The highest BCUT2D eigenvalue weighted by molar-refractivity contribution is 6.06. The Kier molecular flexibility index (Phi) is 7.48. The first kappa shape index (κ1) is 23.3. The Bertz CT molecular complexity index is 1110. The quantitative estimate of drug-likeness (QED) is 0.462. The molecule has 0 bridgehead atoms. The second-order valence-electron chi connectivity index (χ2n) is 7.69. The summed E-state index contributed by atoms with van der Waals surface area (Å²) in [5.74, 6) is -2.04. The number of halogens is 2. The molecule has 0 aliphatic heterocycles. The van der Waals surface area contributed by atoms with E-state index >= 15 is 0 Å². The number of anilines is 2. The first-order chi connectivity index (χ1) is 15.3. The number of amides is 1. The van der Waals surface area contributed by atoms with Crippen LogP contribution in [0.3, 0.4) is 0 Å². The van der Waals surface area contributed by atoms with E-state index in [-0.39, 0.29) is 28.6 Å². The molecule has 3 aromatic rings. The van der Waals surface area contributed by atoms with Gasteiger partial charge in [-0.15, -0.1) is 0 Å². The fourth-order valence-corrected chi connectivity index (χ4v) is 3.60. The van der Waals surface area contributed by atoms with Crippen LogP contribution in [0, 0.1) is 11.6 Å². The van der Waals surface area contributed by atoms with Gasteiger partial charge in [0, 0.05) is 17.8 Å². The van der Waals surface area contributed by atoms with Crippen molar-refractivity contribution in [3.63, 3.8) is 0 Å². The molecule has 1 aromatic carbocycles. The Balaban J connectivity index is 1.93. The van der Waals surface area contributed by atoms with Gasteiger partial charge in [-0.3, -0.25) is 9.78 Å². The molecule has 0 radical (unpaired) electrons. The third-order valence-corrected chi connectivity index (χ3v) is 5.32. The van der Waals surface area contributed by atoms with Crippen molar-refractivity contribution in [1.29, 1.82) is 0 Å². The molecule has 2 aromatic heterocycles. The lowest BCUT2D eigenvalue weighted by Gasteiger charge is -2.20. The molecule has 0 aliphatic rings. The zero-order valence-electron chi connectivity index (χ0n) is 18.0. The average molecular weight is 440 g/mol. The molecule has 0 saturated heterocycles. The highest BCUT2D eigenvalue weighted by Gasteiger charge is 2.21. The number of nitrogens with one attached hydrogen (secondary N) is 1. The van der Waals surface area contributed by atoms with Crippen LogP contribution in [-0.2, 0) is 0 Å². The molecular weight excluding hydrogens is 414 g/mol. The van der Waals surface area contributed by atoms with Crippen molar-refractivity contribution in [3.05, 3.63) is 71.7 Å². The molecule has 0 unspecified atom stereocenters. The van der Waals surface area contributed by atoms with Crippen LogP contribution >= 0.6 is 0 Å². The summed E-state index contributed by atoms with van der Waals surface area (Å²) in [6.07, 6.45) is 4.88. The summed E-state index contributed by atoms with van der Waals surface area (Å²) in [6, 6.07) is 8.38. The van der Waals surface area contributed by atoms with Crippen molar-refractivity contribution >= 4 is 17.3 Å². The second-order valence-corrected chi connectivity index (χ2v) is 7.69. The van der Waals surface area contributed by atoms with Gasteiger partial charge in [-0.25, -0.2) is 13.8 Å². The number of aliphatic hydroxyl groups excluding tert-OH is 1. The van der Waals surface area contributed by atoms with E-state index in [0.717, 1.165) is 24.5 Å². The van der Waals surface area contributed by atoms with E-state index in [0.29, 0.717) is 12.1 Å². The van der Waals surface area contributed by atoms with Crippen LogP contribution in [0.25, 0.3) is 11.3 Å². The van der Waals surface area contributed by atoms with Gasteiger partial charge in [-0.05, 0) is 55.9 Å². The molecular formula is C24H26F2N4O2. The predicted octanol–water partition coefficient (Wildman–Crippen LogP) is 4.91. The van der Waals surface area contributed by atoms with Crippen molar-refractivity contribution < 1.29 is 18.7 Å². The summed E-state index contributed by atoms with van der Waals surface area (Å²) in [6.45, 7) is 3.76. The van der Waals surface area contributed by atoms with Gasteiger partial charge in [0.2, 0.25) is 0 Å². The summed E-state index contributed by atoms with van der Waals surface area (Å²) < 4.78 is 28.7. The first-order valence-electron chi connectivity index (χ1n) is 10.5. The molecule has 4 N–H and O–H groups in total. The molecule has 3 rings (SSSR count). The minimum atomic E-state index is -0.824. The van der Waals surface area contributed by atoms with Gasteiger partial charge in [0.15, 0.2) is 11.5 Å². The molecule has 8 heteroatoms. The van der Waals surface area contributed by atoms with E-state index in [1.165, 1.54) is 24.4 Å². The molecule has 6 nitrogen and oxygen atoms in total. The number of nitrogen functional groups attached to an aromatic ring is 1. The van der Waals surface area contributed by atoms with Crippen LogP contribution in [0.1, 0.15) is 55.1 Å². The maximum atomic E-state index is 14.5. The molecule has 168 valence electrons. The molecule has 2 atom stereocenters. The average Bonchev–Trinajstić information content (AvgIpc) is 2.76. The highest BCUT2D eigenvalue weighted by Crippen LogP contribution is 2.32. The van der Waals surface area contributed by atoms with Crippen LogP contribution in [0.2, 0.25) is 0 Å². The standard InChI is InChI=1S/C24H26F2N4O2/c1-3-15(9-8-14(2)31)16-10-11-28-13-21(16)29-24(32)23-20(27)12-19(26)22(30-23)17-6-4-5-7-18(17)25/h4-7,10-15,31H,3,8-9,27H2,1-2H3,(H,29,32)/t14-,15+/m1/s1. The largest absolute Gasteiger partial charge is 0.397 e. The van der Waals surface area contributed by atoms with Crippen molar-refractivity contribution in [2.75, 3.05) is 11.1 Å². The maximum Gasteiger partial charge on any atom is 0.276 e. The van der Waals surface area contributed by atoms with E-state index in [4.69, 9.17) is 5.73 Å². The SMILES string of the molecule is CC[C@@H](CC[C@@H](C)O)c1ccncc1NC(=O)c1nc(-c2ccccc2F)c(F)cc1N. The highest BCUT2D eigenvalue weighted by atomic mass is 19.1. The normalized spacial score (nSPS) is 12.9. The lowest BCUT2D eigenvalue weighted by Crippen LogP contribution is -2.19. The smallest absolute Gasteiger partial charge is 0.276 e. The molecule has 0 aliphatic carbocycles. The number of aliphatic hydroxyl groups is 1. The van der Waals surface area contributed by atoms with Gasteiger partial charge in [0.25, 0.3) is 5.91 Å². The Labute approximate surface area is 185 Å². The van der Waals surface area contributed by atoms with E-state index < -0.39 is 23.6 Å². The third kappa shape index (κ3) is 5.26. The van der Waals surface area contributed by atoms with E-state index in [2.05, 4.69) is 15.3 Å². The fourth-order valence-electron chi connectivity index (χ4n) is 3.60. The van der Waals surface area contributed by atoms with Crippen molar-refractivity contribution in [3.8, 4) is 11.3 Å². The van der Waals surface area contributed by atoms with Crippen LogP contribution < -0.4 is 11.1 Å². The van der Waals surface area contributed by atoms with Crippen molar-refractivity contribution in [1.82, 2.24) is 9.97 Å². The summed E-state index contributed by atoms with van der Waals surface area (Å²) in [4.78, 5) is 21.1. The van der Waals surface area contributed by atoms with Crippen LogP contribution in [0.5, 0.6) is 0 Å². The number of aromatic nitrogens is 2. The summed E-state index contributed by atoms with van der Waals surface area (Å²) >= 11 is 0. The van der Waals surface area contributed by atoms with E-state index in [1.807, 2.05) is 13.0 Å². The first-order valence-corrected chi connectivity index (χ1v) is 10.5. The number of hydrogen-bond acceptors (Lipinski definition) is 5. The van der Waals surface area contributed by atoms with Crippen molar-refractivity contribution in [2.45, 2.75) is 45.1 Å². The minimum Gasteiger partial charge on any atom is -0.397 e. The van der Waals surface area contributed by atoms with E-state index in [1.54, 1.807) is 19.2 Å². The van der Waals surface area contributed by atoms with Gasteiger partial charge in [0.05, 0.1) is 23.7 Å². The number of rotatable bonds is 8. The Morgan fingerprint density at radius 1 is 1.19 bits per heavy atom. The topological polar surface area (TPSA) is 101 Å². The third-order valence-electron chi connectivity index (χ3n) is 5.32. The fraction of sp³-hybridized carbons (Fsp3) is 0.292. The molecule has 2 heterocycles. The lowest BCUT2D eigenvalue weighted by molar-refractivity contribution is 0.102. The van der Waals surface area contributed by atoms with Gasteiger partial charge in [0.1, 0.15) is 11.5 Å². The molecule has 32 heavy (non-hydrogen) atoms. The number of nitrogens with zero attached hydrogens (tertiary/aromatic N) is 2. The number of carbonyl (C=O) groups is 1. The van der Waals surface area contributed by atoms with Crippen LogP contribution in [-0.4, -0.2) is 27.1 Å². The number of pyridine rings is 2. The van der Waals surface area contributed by atoms with E-state index in [9.17, 15) is 18.7 Å². The summed E-state index contributed by atoms with van der Waals surface area (Å²) in [7, 11) is 0. The maximum absolute atomic E-state index is 14.5. The molecule has 1 amide bonds. The van der Waals surface area contributed by atoms with Gasteiger partial charge < -0.3 is 16.2 Å². The summed E-state index contributed by atoms with van der Waals surface area (Å²) in [5.41, 5.74) is 6.48. The minimum absolute atomic E-state index is 0.0645. The van der Waals surface area contributed by atoms with Crippen LogP contribution in [0.4, 0.5) is 20.2 Å². The monoisotopic (exact) mass is 440 g/mol. The van der Waals surface area contributed by atoms with Gasteiger partial charge in [-0.1, -0.05) is 19.1 Å². The predicted molar refractivity (Wildman–Crippen MR) is 120 cm³/mol. The number of hydrogen-bond donors (Lipinski definition) is 3. The van der Waals surface area contributed by atoms with Crippen molar-refractivity contribution in [2.24, 2.45) is 0 Å². The molecule has 0 fully saturated rings. The zero-order chi connectivity index (χ0) is 23.3. The molecule has 0 saturated carbocycles. The molecule has 0 spiro atoms. The Morgan fingerprint density at radius 3 is 2.62 bits per heavy atom. The number of carbonyl (C=O) groups excluding carboxylic acids is 1. The summed E-state index contributed by atoms with van der Waals surface area (Å²) in [5, 5.41) is 12.4. The van der Waals surface area contributed by atoms with Gasteiger partial charge >= 0.3 is 0 Å². The van der Waals surface area contributed by atoms with Gasteiger partial charge in [-0.2, -0.15) is 0 Å². The zero-order valence-corrected chi connectivity index (χ0v) is 18.0. The number of nitrogens with two attached hydrogens (primary N) is 1. The second kappa shape index (κ2) is 10.3.